The fourth-order valence-corrected chi connectivity index (χ4v) is 2.79. The van der Waals surface area contributed by atoms with E-state index in [1.165, 1.54) is 12.8 Å². The van der Waals surface area contributed by atoms with Gasteiger partial charge in [-0.15, -0.1) is 0 Å². The topological polar surface area (TPSA) is 38.8 Å². The summed E-state index contributed by atoms with van der Waals surface area (Å²) < 4.78 is 10.6. The minimum atomic E-state index is -0.281. The van der Waals surface area contributed by atoms with E-state index in [1.54, 1.807) is 7.11 Å². The standard InChI is InChI=1S/C14H25NO3/c1-12(13-3-4-13)15(6-8-17-2)9-14(10-16)5-7-18-11-14/h10,12-13H,3-9,11H2,1-2H3. The Balaban J connectivity index is 1.96. The minimum Gasteiger partial charge on any atom is -0.383 e. The molecule has 0 N–H and O–H groups in total. The third-order valence-electron chi connectivity index (χ3n) is 4.36. The molecule has 0 radical (unpaired) electrons. The molecule has 1 aliphatic heterocycles. The third kappa shape index (κ3) is 3.31. The quantitative estimate of drug-likeness (QED) is 0.614. The van der Waals surface area contributed by atoms with Gasteiger partial charge >= 0.3 is 0 Å². The van der Waals surface area contributed by atoms with Crippen molar-refractivity contribution in [1.29, 1.82) is 0 Å². The molecule has 1 aliphatic carbocycles. The van der Waals surface area contributed by atoms with Gasteiger partial charge in [-0.1, -0.05) is 0 Å². The van der Waals surface area contributed by atoms with Crippen LogP contribution in [0.15, 0.2) is 0 Å². The van der Waals surface area contributed by atoms with E-state index in [0.717, 1.165) is 38.3 Å². The summed E-state index contributed by atoms with van der Waals surface area (Å²) in [5.74, 6) is 0.813. The molecule has 0 bridgehead atoms. The molecule has 2 fully saturated rings. The first-order chi connectivity index (χ1) is 8.71. The van der Waals surface area contributed by atoms with E-state index in [1.807, 2.05) is 0 Å². The number of hydrogen-bond acceptors (Lipinski definition) is 4. The van der Waals surface area contributed by atoms with Crippen molar-refractivity contribution in [1.82, 2.24) is 4.90 Å². The fourth-order valence-electron chi connectivity index (χ4n) is 2.79. The van der Waals surface area contributed by atoms with Gasteiger partial charge in [0.05, 0.1) is 18.6 Å². The van der Waals surface area contributed by atoms with Gasteiger partial charge in [-0.25, -0.2) is 0 Å². The van der Waals surface area contributed by atoms with Crippen LogP contribution >= 0.6 is 0 Å². The van der Waals surface area contributed by atoms with Crippen LogP contribution in [0.1, 0.15) is 26.2 Å². The number of aldehydes is 1. The lowest BCUT2D eigenvalue weighted by Crippen LogP contribution is -2.46. The molecular formula is C14H25NO3. The smallest absolute Gasteiger partial charge is 0.129 e. The first-order valence-corrected chi connectivity index (χ1v) is 6.98. The molecule has 1 saturated heterocycles. The molecule has 2 atom stereocenters. The summed E-state index contributed by atoms with van der Waals surface area (Å²) in [6, 6.07) is 0.553. The summed E-state index contributed by atoms with van der Waals surface area (Å²) in [6.45, 7) is 6.03. The summed E-state index contributed by atoms with van der Waals surface area (Å²) in [7, 11) is 1.73. The lowest BCUT2D eigenvalue weighted by molar-refractivity contribution is -0.117. The second kappa shape index (κ2) is 6.13. The number of rotatable bonds is 8. The van der Waals surface area contributed by atoms with Gasteiger partial charge in [-0.3, -0.25) is 4.90 Å². The van der Waals surface area contributed by atoms with Gasteiger partial charge in [0.1, 0.15) is 6.29 Å². The van der Waals surface area contributed by atoms with Crippen molar-refractivity contribution in [3.63, 3.8) is 0 Å². The first-order valence-electron chi connectivity index (χ1n) is 6.98. The van der Waals surface area contributed by atoms with Gasteiger partial charge < -0.3 is 14.3 Å². The highest BCUT2D eigenvalue weighted by Crippen LogP contribution is 2.37. The molecule has 18 heavy (non-hydrogen) atoms. The highest BCUT2D eigenvalue weighted by molar-refractivity contribution is 5.60. The Kier molecular flexibility index (Phi) is 4.76. The second-order valence-electron chi connectivity index (χ2n) is 5.82. The molecule has 104 valence electrons. The van der Waals surface area contributed by atoms with E-state index in [4.69, 9.17) is 9.47 Å². The van der Waals surface area contributed by atoms with Crippen LogP contribution in [0.5, 0.6) is 0 Å². The molecule has 0 amide bonds. The summed E-state index contributed by atoms with van der Waals surface area (Å²) in [5.41, 5.74) is -0.281. The van der Waals surface area contributed by atoms with Gasteiger partial charge in [0, 0.05) is 32.8 Å². The molecule has 1 saturated carbocycles. The highest BCUT2D eigenvalue weighted by atomic mass is 16.5. The van der Waals surface area contributed by atoms with Crippen molar-refractivity contribution in [2.45, 2.75) is 32.2 Å². The van der Waals surface area contributed by atoms with Gasteiger partial charge in [-0.2, -0.15) is 0 Å². The Bertz CT molecular complexity index is 272. The van der Waals surface area contributed by atoms with Crippen LogP contribution in [0.25, 0.3) is 0 Å². The maximum Gasteiger partial charge on any atom is 0.129 e. The average Bonchev–Trinajstić information content (AvgIpc) is 3.14. The zero-order valence-electron chi connectivity index (χ0n) is 11.6. The monoisotopic (exact) mass is 255 g/mol. The minimum absolute atomic E-state index is 0.281. The van der Waals surface area contributed by atoms with Crippen molar-refractivity contribution < 1.29 is 14.3 Å². The number of carbonyl (C=O) groups excluding carboxylic acids is 1. The molecule has 2 unspecified atom stereocenters. The van der Waals surface area contributed by atoms with Crippen molar-refractivity contribution in [2.75, 3.05) is 40.0 Å². The van der Waals surface area contributed by atoms with Gasteiger partial charge in [0.25, 0.3) is 0 Å². The van der Waals surface area contributed by atoms with Gasteiger partial charge in [0.15, 0.2) is 0 Å². The molecule has 0 spiro atoms. The SMILES string of the molecule is COCCN(CC1(C=O)CCOC1)C(C)C1CC1. The van der Waals surface area contributed by atoms with E-state index in [2.05, 4.69) is 11.8 Å². The van der Waals surface area contributed by atoms with Crippen molar-refractivity contribution in [3.05, 3.63) is 0 Å². The maximum absolute atomic E-state index is 11.4. The molecule has 4 nitrogen and oxygen atoms in total. The molecule has 0 aromatic carbocycles. The van der Waals surface area contributed by atoms with E-state index in [0.29, 0.717) is 19.3 Å². The molecule has 0 aromatic rings. The largest absolute Gasteiger partial charge is 0.383 e. The number of methoxy groups -OCH3 is 1. The van der Waals surface area contributed by atoms with Crippen LogP contribution in [-0.4, -0.2) is 57.2 Å². The number of nitrogens with zero attached hydrogens (tertiary/aromatic N) is 1. The van der Waals surface area contributed by atoms with Crippen LogP contribution < -0.4 is 0 Å². The molecule has 2 aliphatic rings. The van der Waals surface area contributed by atoms with Crippen LogP contribution in [-0.2, 0) is 14.3 Å². The number of carbonyl (C=O) groups is 1. The number of ether oxygens (including phenoxy) is 2. The maximum atomic E-state index is 11.4. The summed E-state index contributed by atoms with van der Waals surface area (Å²) in [5, 5.41) is 0. The summed E-state index contributed by atoms with van der Waals surface area (Å²) in [4.78, 5) is 13.8. The Morgan fingerprint density at radius 1 is 1.56 bits per heavy atom. The lowest BCUT2D eigenvalue weighted by Gasteiger charge is -2.34. The summed E-state index contributed by atoms with van der Waals surface area (Å²) >= 11 is 0. The molecule has 0 aromatic heterocycles. The Morgan fingerprint density at radius 3 is 2.83 bits per heavy atom. The fraction of sp³-hybridized carbons (Fsp3) is 0.929. The summed E-state index contributed by atoms with van der Waals surface area (Å²) in [6.07, 6.45) is 4.63. The third-order valence-corrected chi connectivity index (χ3v) is 4.36. The highest BCUT2D eigenvalue weighted by Gasteiger charge is 2.40. The zero-order chi connectivity index (χ0) is 13.0. The molecule has 1 heterocycles. The van der Waals surface area contributed by atoms with Crippen molar-refractivity contribution in [2.24, 2.45) is 11.3 Å². The van der Waals surface area contributed by atoms with Crippen LogP contribution in [0.2, 0.25) is 0 Å². The molecule has 2 rings (SSSR count). The molecular weight excluding hydrogens is 230 g/mol. The number of hydrogen-bond donors (Lipinski definition) is 0. The normalized spacial score (nSPS) is 29.7. The predicted molar refractivity (Wildman–Crippen MR) is 69.6 cm³/mol. The van der Waals surface area contributed by atoms with Crippen molar-refractivity contribution in [3.8, 4) is 0 Å². The lowest BCUT2D eigenvalue weighted by atomic mass is 9.88. The van der Waals surface area contributed by atoms with E-state index < -0.39 is 0 Å². The Labute approximate surface area is 110 Å². The van der Waals surface area contributed by atoms with E-state index in [9.17, 15) is 4.79 Å². The Morgan fingerprint density at radius 2 is 2.33 bits per heavy atom. The van der Waals surface area contributed by atoms with Gasteiger partial charge in [0.2, 0.25) is 0 Å². The second-order valence-corrected chi connectivity index (χ2v) is 5.82. The zero-order valence-corrected chi connectivity index (χ0v) is 11.6. The van der Waals surface area contributed by atoms with Crippen LogP contribution in [0, 0.1) is 11.3 Å². The molecule has 4 heteroatoms. The van der Waals surface area contributed by atoms with E-state index >= 15 is 0 Å². The Hall–Kier alpha value is -0.450. The van der Waals surface area contributed by atoms with Gasteiger partial charge in [-0.05, 0) is 32.1 Å². The predicted octanol–water partition coefficient (Wildman–Crippen LogP) is 1.34. The van der Waals surface area contributed by atoms with Crippen LogP contribution in [0.4, 0.5) is 0 Å². The van der Waals surface area contributed by atoms with Crippen LogP contribution in [0.3, 0.4) is 0 Å². The first kappa shape index (κ1) is 14.0. The average molecular weight is 255 g/mol. The van der Waals surface area contributed by atoms with Crippen molar-refractivity contribution >= 4 is 6.29 Å². The van der Waals surface area contributed by atoms with E-state index in [-0.39, 0.29) is 5.41 Å².